The molecule has 1 fully saturated rings. The van der Waals surface area contributed by atoms with Gasteiger partial charge >= 0.3 is 5.97 Å². The molecule has 0 spiro atoms. The second-order valence-corrected chi connectivity index (χ2v) is 7.59. The molecule has 1 N–H and O–H groups in total. The third kappa shape index (κ3) is 2.33. The van der Waals surface area contributed by atoms with Gasteiger partial charge in [0.2, 0.25) is 0 Å². The van der Waals surface area contributed by atoms with Crippen LogP contribution >= 0.6 is 0 Å². The SMILES string of the molecule is O=C(O)CC1CCN(C2CS(=O)(=O)c3ccccc32)C1. The van der Waals surface area contributed by atoms with Crippen molar-refractivity contribution in [3.63, 3.8) is 0 Å². The summed E-state index contributed by atoms with van der Waals surface area (Å²) in [5.74, 6) is -0.536. The third-order valence-corrected chi connectivity index (χ3v) is 6.01. The van der Waals surface area contributed by atoms with Crippen LogP contribution in [0.3, 0.4) is 0 Å². The van der Waals surface area contributed by atoms with E-state index in [1.54, 1.807) is 12.1 Å². The Bertz CT molecular complexity index is 640. The lowest BCUT2D eigenvalue weighted by molar-refractivity contribution is -0.138. The second kappa shape index (κ2) is 4.86. The van der Waals surface area contributed by atoms with Gasteiger partial charge in [0.05, 0.1) is 16.7 Å². The van der Waals surface area contributed by atoms with E-state index in [9.17, 15) is 13.2 Å². The highest BCUT2D eigenvalue weighted by atomic mass is 32.2. The number of benzene rings is 1. The number of rotatable bonds is 3. The zero-order valence-corrected chi connectivity index (χ0v) is 11.8. The fourth-order valence-corrected chi connectivity index (χ4v) is 5.12. The number of fused-ring (bicyclic) bond motifs is 1. The van der Waals surface area contributed by atoms with Crippen LogP contribution in [0.4, 0.5) is 0 Å². The molecule has 3 rings (SSSR count). The Morgan fingerprint density at radius 3 is 2.85 bits per heavy atom. The summed E-state index contributed by atoms with van der Waals surface area (Å²) >= 11 is 0. The van der Waals surface area contributed by atoms with Crippen molar-refractivity contribution in [2.75, 3.05) is 18.8 Å². The van der Waals surface area contributed by atoms with Crippen LogP contribution in [0.25, 0.3) is 0 Å². The molecular weight excluding hydrogens is 278 g/mol. The Labute approximate surface area is 118 Å². The predicted molar refractivity (Wildman–Crippen MR) is 73.2 cm³/mol. The minimum Gasteiger partial charge on any atom is -0.481 e. The first kappa shape index (κ1) is 13.6. The number of likely N-dealkylation sites (tertiary alicyclic amines) is 1. The highest BCUT2D eigenvalue weighted by Gasteiger charge is 2.40. The van der Waals surface area contributed by atoms with Crippen molar-refractivity contribution in [3.05, 3.63) is 29.8 Å². The summed E-state index contributed by atoms with van der Waals surface area (Å²) in [5, 5.41) is 8.85. The van der Waals surface area contributed by atoms with Crippen molar-refractivity contribution in [3.8, 4) is 0 Å². The Balaban J connectivity index is 1.82. The number of hydrogen-bond donors (Lipinski definition) is 1. The van der Waals surface area contributed by atoms with Gasteiger partial charge in [-0.2, -0.15) is 0 Å². The smallest absolute Gasteiger partial charge is 0.303 e. The Morgan fingerprint density at radius 2 is 2.10 bits per heavy atom. The van der Waals surface area contributed by atoms with Gasteiger partial charge < -0.3 is 5.11 Å². The molecule has 2 aliphatic heterocycles. The Kier molecular flexibility index (Phi) is 3.30. The molecule has 0 bridgehead atoms. The zero-order valence-electron chi connectivity index (χ0n) is 11.0. The zero-order chi connectivity index (χ0) is 14.3. The van der Waals surface area contributed by atoms with E-state index in [1.165, 1.54) is 0 Å². The van der Waals surface area contributed by atoms with Crippen LogP contribution in [0, 0.1) is 5.92 Å². The molecule has 1 saturated heterocycles. The van der Waals surface area contributed by atoms with Gasteiger partial charge in [0, 0.05) is 13.0 Å². The molecule has 1 aromatic carbocycles. The van der Waals surface area contributed by atoms with Gasteiger partial charge in [0.1, 0.15) is 0 Å². The van der Waals surface area contributed by atoms with E-state index in [-0.39, 0.29) is 24.1 Å². The van der Waals surface area contributed by atoms with Crippen LogP contribution in [0.15, 0.2) is 29.2 Å². The molecule has 2 aliphatic rings. The molecule has 108 valence electrons. The van der Waals surface area contributed by atoms with Gasteiger partial charge in [0.15, 0.2) is 9.84 Å². The highest BCUT2D eigenvalue weighted by Crippen LogP contribution is 2.39. The average Bonchev–Trinajstić information content (AvgIpc) is 2.93. The van der Waals surface area contributed by atoms with E-state index in [4.69, 9.17) is 5.11 Å². The van der Waals surface area contributed by atoms with Gasteiger partial charge in [-0.1, -0.05) is 18.2 Å². The summed E-state index contributed by atoms with van der Waals surface area (Å²) in [6.07, 6.45) is 0.989. The number of nitrogens with zero attached hydrogens (tertiary/aromatic N) is 1. The lowest BCUT2D eigenvalue weighted by atomic mass is 10.1. The van der Waals surface area contributed by atoms with Crippen LogP contribution < -0.4 is 0 Å². The van der Waals surface area contributed by atoms with Crippen molar-refractivity contribution in [1.29, 1.82) is 0 Å². The van der Waals surface area contributed by atoms with Crippen LogP contribution in [0.2, 0.25) is 0 Å². The topological polar surface area (TPSA) is 74.7 Å². The summed E-state index contributed by atoms with van der Waals surface area (Å²) in [4.78, 5) is 13.3. The second-order valence-electron chi connectivity index (χ2n) is 5.58. The fraction of sp³-hybridized carbons (Fsp3) is 0.500. The largest absolute Gasteiger partial charge is 0.481 e. The van der Waals surface area contributed by atoms with Crippen molar-refractivity contribution >= 4 is 15.8 Å². The van der Waals surface area contributed by atoms with Crippen LogP contribution in [-0.2, 0) is 14.6 Å². The normalized spacial score (nSPS) is 28.4. The third-order valence-electron chi connectivity index (χ3n) is 4.21. The van der Waals surface area contributed by atoms with Gasteiger partial charge in [-0.25, -0.2) is 8.42 Å². The van der Waals surface area contributed by atoms with Crippen molar-refractivity contribution in [2.24, 2.45) is 5.92 Å². The summed E-state index contributed by atoms with van der Waals surface area (Å²) in [6, 6.07) is 7.02. The number of carboxylic acids is 1. The molecule has 1 aromatic rings. The van der Waals surface area contributed by atoms with Crippen molar-refractivity contribution < 1.29 is 18.3 Å². The molecule has 5 nitrogen and oxygen atoms in total. The summed E-state index contributed by atoms with van der Waals surface area (Å²) in [7, 11) is -3.19. The number of carbonyl (C=O) groups is 1. The molecule has 6 heteroatoms. The standard InChI is InChI=1S/C14H17NO4S/c16-14(17)7-10-5-6-15(8-10)12-9-20(18,19)13-4-2-1-3-11(12)13/h1-4,10,12H,5-9H2,(H,16,17). The fourth-order valence-electron chi connectivity index (χ4n) is 3.29. The number of carboxylic acid groups (broad SMARTS) is 1. The van der Waals surface area contributed by atoms with Gasteiger partial charge in [0.25, 0.3) is 0 Å². The predicted octanol–water partition coefficient (Wildman–Crippen LogP) is 1.31. The van der Waals surface area contributed by atoms with Crippen LogP contribution in [0.5, 0.6) is 0 Å². The number of sulfone groups is 1. The summed E-state index contributed by atoms with van der Waals surface area (Å²) in [5.41, 5.74) is 0.864. The van der Waals surface area contributed by atoms with E-state index in [0.29, 0.717) is 11.4 Å². The number of hydrogen-bond acceptors (Lipinski definition) is 4. The first-order chi connectivity index (χ1) is 9.47. The van der Waals surface area contributed by atoms with E-state index in [2.05, 4.69) is 4.90 Å². The molecule has 2 atom stereocenters. The van der Waals surface area contributed by atoms with E-state index in [0.717, 1.165) is 18.5 Å². The Hall–Kier alpha value is -1.40. The van der Waals surface area contributed by atoms with E-state index < -0.39 is 15.8 Å². The van der Waals surface area contributed by atoms with Crippen LogP contribution in [-0.4, -0.2) is 43.2 Å². The molecule has 2 unspecified atom stereocenters. The molecule has 0 saturated carbocycles. The van der Waals surface area contributed by atoms with Crippen molar-refractivity contribution in [1.82, 2.24) is 4.90 Å². The highest BCUT2D eigenvalue weighted by molar-refractivity contribution is 7.91. The maximum absolute atomic E-state index is 12.2. The Morgan fingerprint density at radius 1 is 1.35 bits per heavy atom. The van der Waals surface area contributed by atoms with Gasteiger partial charge in [-0.05, 0) is 30.5 Å². The number of aliphatic carboxylic acids is 1. The first-order valence-corrected chi connectivity index (χ1v) is 8.40. The molecule has 20 heavy (non-hydrogen) atoms. The van der Waals surface area contributed by atoms with Crippen molar-refractivity contribution in [2.45, 2.75) is 23.8 Å². The maximum Gasteiger partial charge on any atom is 0.303 e. The van der Waals surface area contributed by atoms with E-state index >= 15 is 0 Å². The van der Waals surface area contributed by atoms with Gasteiger partial charge in [-0.3, -0.25) is 9.69 Å². The maximum atomic E-state index is 12.2. The monoisotopic (exact) mass is 295 g/mol. The molecule has 0 radical (unpaired) electrons. The molecule has 2 heterocycles. The summed E-state index contributed by atoms with van der Waals surface area (Å²) < 4.78 is 24.3. The quantitative estimate of drug-likeness (QED) is 0.910. The average molecular weight is 295 g/mol. The molecule has 0 aliphatic carbocycles. The minimum absolute atomic E-state index is 0.116. The molecule has 0 amide bonds. The minimum atomic E-state index is -3.19. The molecule has 0 aromatic heterocycles. The van der Waals surface area contributed by atoms with E-state index in [1.807, 2.05) is 12.1 Å². The summed E-state index contributed by atoms with van der Waals surface area (Å²) in [6.45, 7) is 1.44. The first-order valence-electron chi connectivity index (χ1n) is 6.75. The lowest BCUT2D eigenvalue weighted by Gasteiger charge is -2.23. The van der Waals surface area contributed by atoms with Crippen LogP contribution in [0.1, 0.15) is 24.4 Å². The lowest BCUT2D eigenvalue weighted by Crippen LogP contribution is -2.28. The van der Waals surface area contributed by atoms with Gasteiger partial charge in [-0.15, -0.1) is 0 Å². The molecular formula is C14H17NO4S.